The van der Waals surface area contributed by atoms with Gasteiger partial charge in [-0.05, 0) is 30.9 Å². The summed E-state index contributed by atoms with van der Waals surface area (Å²) in [6.07, 6.45) is 1.97. The van der Waals surface area contributed by atoms with E-state index in [-0.39, 0.29) is 11.8 Å². The maximum atomic E-state index is 10.7. The molecule has 5 nitrogen and oxygen atoms in total. The van der Waals surface area contributed by atoms with E-state index in [2.05, 4.69) is 32.2 Å². The van der Waals surface area contributed by atoms with Crippen LogP contribution >= 0.6 is 15.9 Å². The van der Waals surface area contributed by atoms with Crippen LogP contribution in [0.5, 0.6) is 5.75 Å². The lowest BCUT2D eigenvalue weighted by atomic mass is 9.84. The molecule has 0 spiro atoms. The standard InChI is InChI=1S/C17H22BrN3O2/c18-14-2-1-13(11-19)17(22)15(14)16(12-3-9-23-10-4-12)21-7-5-20-6-8-21/h1-2,12,16,20,22H,3-10H2/t16-/m0/s1. The Morgan fingerprint density at radius 3 is 2.65 bits per heavy atom. The quantitative estimate of drug-likeness (QED) is 0.843. The summed E-state index contributed by atoms with van der Waals surface area (Å²) in [5, 5.41) is 23.3. The van der Waals surface area contributed by atoms with Gasteiger partial charge in [-0.3, -0.25) is 4.90 Å². The molecule has 0 amide bonds. The maximum absolute atomic E-state index is 10.7. The van der Waals surface area contributed by atoms with Crippen molar-refractivity contribution in [3.63, 3.8) is 0 Å². The topological polar surface area (TPSA) is 68.5 Å². The molecule has 0 saturated carbocycles. The number of nitrogens with zero attached hydrogens (tertiary/aromatic N) is 2. The first-order chi connectivity index (χ1) is 11.2. The van der Waals surface area contributed by atoms with Gasteiger partial charge >= 0.3 is 0 Å². The van der Waals surface area contributed by atoms with Crippen molar-refractivity contribution in [2.24, 2.45) is 5.92 Å². The summed E-state index contributed by atoms with van der Waals surface area (Å²) in [5.41, 5.74) is 1.20. The first-order valence-corrected chi connectivity index (χ1v) is 8.95. The fraction of sp³-hybridized carbons (Fsp3) is 0.588. The van der Waals surface area contributed by atoms with Gasteiger partial charge in [0, 0.05) is 55.5 Å². The monoisotopic (exact) mass is 379 g/mol. The summed E-state index contributed by atoms with van der Waals surface area (Å²) < 4.78 is 6.40. The zero-order valence-corrected chi connectivity index (χ0v) is 14.7. The fourth-order valence-electron chi connectivity index (χ4n) is 3.66. The average molecular weight is 380 g/mol. The van der Waals surface area contributed by atoms with Gasteiger partial charge in [0.15, 0.2) is 0 Å². The largest absolute Gasteiger partial charge is 0.506 e. The lowest BCUT2D eigenvalue weighted by Crippen LogP contribution is -2.47. The Labute approximate surface area is 145 Å². The number of ether oxygens (including phenoxy) is 1. The third-order valence-electron chi connectivity index (χ3n) is 4.84. The van der Waals surface area contributed by atoms with Crippen molar-refractivity contribution in [3.8, 4) is 11.8 Å². The molecule has 2 aliphatic heterocycles. The van der Waals surface area contributed by atoms with Crippen molar-refractivity contribution >= 4 is 15.9 Å². The van der Waals surface area contributed by atoms with Crippen LogP contribution in [0.1, 0.15) is 30.0 Å². The number of hydrogen-bond acceptors (Lipinski definition) is 5. The summed E-state index contributed by atoms with van der Waals surface area (Å²) in [4.78, 5) is 2.44. The molecule has 1 aromatic carbocycles. The zero-order chi connectivity index (χ0) is 16.2. The van der Waals surface area contributed by atoms with Gasteiger partial charge < -0.3 is 15.2 Å². The molecule has 0 radical (unpaired) electrons. The van der Waals surface area contributed by atoms with Crippen LogP contribution in [0.3, 0.4) is 0 Å². The molecule has 23 heavy (non-hydrogen) atoms. The van der Waals surface area contributed by atoms with Crippen molar-refractivity contribution in [2.75, 3.05) is 39.4 Å². The van der Waals surface area contributed by atoms with Crippen molar-refractivity contribution in [2.45, 2.75) is 18.9 Å². The van der Waals surface area contributed by atoms with Gasteiger partial charge in [-0.1, -0.05) is 15.9 Å². The van der Waals surface area contributed by atoms with E-state index in [1.54, 1.807) is 6.07 Å². The van der Waals surface area contributed by atoms with Crippen molar-refractivity contribution in [3.05, 3.63) is 27.7 Å². The Morgan fingerprint density at radius 2 is 2.00 bits per heavy atom. The van der Waals surface area contributed by atoms with Crippen LogP contribution in [-0.4, -0.2) is 49.4 Å². The van der Waals surface area contributed by atoms with Gasteiger partial charge in [-0.25, -0.2) is 0 Å². The molecular formula is C17H22BrN3O2. The molecule has 2 fully saturated rings. The van der Waals surface area contributed by atoms with Crippen LogP contribution in [0.25, 0.3) is 0 Å². The molecule has 3 rings (SSSR count). The molecule has 2 saturated heterocycles. The normalized spacial score (nSPS) is 21.7. The average Bonchev–Trinajstić information content (AvgIpc) is 2.60. The lowest BCUT2D eigenvalue weighted by Gasteiger charge is -2.41. The lowest BCUT2D eigenvalue weighted by molar-refractivity contribution is 0.0204. The Hall–Kier alpha value is -1.13. The number of phenols is 1. The predicted octanol–water partition coefficient (Wildman–Crippen LogP) is 2.40. The summed E-state index contributed by atoms with van der Waals surface area (Å²) in [7, 11) is 0. The Bertz CT molecular complexity index is 572. The molecule has 2 aliphatic rings. The van der Waals surface area contributed by atoms with Crippen LogP contribution < -0.4 is 5.32 Å². The highest BCUT2D eigenvalue weighted by molar-refractivity contribution is 9.10. The minimum atomic E-state index is 0.115. The van der Waals surface area contributed by atoms with E-state index in [1.807, 2.05) is 6.07 Å². The number of nitriles is 1. The zero-order valence-electron chi connectivity index (χ0n) is 13.1. The van der Waals surface area contributed by atoms with Crippen LogP contribution in [0.4, 0.5) is 0 Å². The highest BCUT2D eigenvalue weighted by Crippen LogP contribution is 2.43. The summed E-state index contributed by atoms with van der Waals surface area (Å²) in [5.74, 6) is 0.551. The van der Waals surface area contributed by atoms with Gasteiger partial charge in [0.25, 0.3) is 0 Å². The predicted molar refractivity (Wildman–Crippen MR) is 91.2 cm³/mol. The Kier molecular flexibility index (Phi) is 5.54. The highest BCUT2D eigenvalue weighted by Gasteiger charge is 2.34. The Morgan fingerprint density at radius 1 is 1.30 bits per heavy atom. The van der Waals surface area contributed by atoms with Crippen LogP contribution in [0.15, 0.2) is 16.6 Å². The van der Waals surface area contributed by atoms with E-state index in [1.165, 1.54) is 0 Å². The number of halogens is 1. The summed E-state index contributed by atoms with van der Waals surface area (Å²) in [6.45, 7) is 5.34. The molecule has 2 heterocycles. The Balaban J connectivity index is 2.02. The highest BCUT2D eigenvalue weighted by atomic mass is 79.9. The van der Waals surface area contributed by atoms with Crippen molar-refractivity contribution in [1.82, 2.24) is 10.2 Å². The van der Waals surface area contributed by atoms with E-state index >= 15 is 0 Å². The molecule has 0 aliphatic carbocycles. The summed E-state index contributed by atoms with van der Waals surface area (Å²) >= 11 is 3.60. The van der Waals surface area contributed by atoms with E-state index in [0.29, 0.717) is 11.5 Å². The minimum absolute atomic E-state index is 0.115. The third-order valence-corrected chi connectivity index (χ3v) is 5.53. The first kappa shape index (κ1) is 16.7. The fourth-order valence-corrected chi connectivity index (χ4v) is 4.22. The second-order valence-electron chi connectivity index (χ2n) is 6.15. The maximum Gasteiger partial charge on any atom is 0.139 e. The number of benzene rings is 1. The van der Waals surface area contributed by atoms with E-state index in [9.17, 15) is 10.4 Å². The van der Waals surface area contributed by atoms with Crippen molar-refractivity contribution in [1.29, 1.82) is 5.26 Å². The molecule has 0 aromatic heterocycles. The van der Waals surface area contributed by atoms with Gasteiger partial charge in [-0.2, -0.15) is 5.26 Å². The number of rotatable bonds is 3. The number of piperazine rings is 1. The smallest absolute Gasteiger partial charge is 0.139 e. The summed E-state index contributed by atoms with van der Waals surface area (Å²) in [6, 6.07) is 5.76. The van der Waals surface area contributed by atoms with Gasteiger partial charge in [-0.15, -0.1) is 0 Å². The molecule has 1 aromatic rings. The van der Waals surface area contributed by atoms with Crippen LogP contribution in [0, 0.1) is 17.2 Å². The van der Waals surface area contributed by atoms with E-state index in [0.717, 1.165) is 62.3 Å². The number of phenolic OH excluding ortho intramolecular Hbond substituents is 1. The molecule has 0 bridgehead atoms. The van der Waals surface area contributed by atoms with Crippen LogP contribution in [0.2, 0.25) is 0 Å². The second-order valence-corrected chi connectivity index (χ2v) is 7.00. The molecular weight excluding hydrogens is 358 g/mol. The number of nitrogens with one attached hydrogen (secondary N) is 1. The number of hydrogen-bond donors (Lipinski definition) is 2. The van der Waals surface area contributed by atoms with Gasteiger partial charge in [0.05, 0.1) is 5.56 Å². The molecule has 124 valence electrons. The van der Waals surface area contributed by atoms with E-state index < -0.39 is 0 Å². The first-order valence-electron chi connectivity index (χ1n) is 8.16. The molecule has 0 unspecified atom stereocenters. The van der Waals surface area contributed by atoms with E-state index in [4.69, 9.17) is 4.74 Å². The number of aromatic hydroxyl groups is 1. The van der Waals surface area contributed by atoms with Crippen LogP contribution in [-0.2, 0) is 4.74 Å². The van der Waals surface area contributed by atoms with Crippen molar-refractivity contribution < 1.29 is 9.84 Å². The SMILES string of the molecule is N#Cc1ccc(Br)c([C@H](C2CCOCC2)N2CCNCC2)c1O. The second kappa shape index (κ2) is 7.63. The molecule has 2 N–H and O–H groups in total. The van der Waals surface area contributed by atoms with Gasteiger partial charge in [0.2, 0.25) is 0 Å². The minimum Gasteiger partial charge on any atom is -0.506 e. The molecule has 1 atom stereocenters. The molecule has 6 heteroatoms. The van der Waals surface area contributed by atoms with Gasteiger partial charge in [0.1, 0.15) is 11.8 Å². The third kappa shape index (κ3) is 3.53.